The van der Waals surface area contributed by atoms with E-state index in [1.807, 2.05) is 41.8 Å². The fraction of sp³-hybridized carbons (Fsp3) is 0.296. The van der Waals surface area contributed by atoms with Gasteiger partial charge in [0.1, 0.15) is 29.8 Å². The van der Waals surface area contributed by atoms with Gasteiger partial charge in [0, 0.05) is 12.3 Å². The normalized spacial score (nSPS) is 16.6. The average Bonchev–Trinajstić information content (AvgIpc) is 3.56. The molecule has 1 aliphatic heterocycles. The summed E-state index contributed by atoms with van der Waals surface area (Å²) in [6.45, 7) is 2.63. The molecule has 1 fully saturated rings. The van der Waals surface area contributed by atoms with Crippen molar-refractivity contribution in [2.45, 2.75) is 38.5 Å². The summed E-state index contributed by atoms with van der Waals surface area (Å²) in [5, 5.41) is 3.40. The van der Waals surface area contributed by atoms with E-state index < -0.39 is 17.8 Å². The molecule has 0 amide bonds. The lowest BCUT2D eigenvalue weighted by Crippen LogP contribution is -2.18. The highest BCUT2D eigenvalue weighted by Crippen LogP contribution is 2.32. The van der Waals surface area contributed by atoms with Crippen LogP contribution in [0.4, 0.5) is 10.2 Å². The summed E-state index contributed by atoms with van der Waals surface area (Å²) < 4.78 is 29.5. The minimum Gasteiger partial charge on any atom is -0.465 e. The number of hydrogen-bond acceptors (Lipinski definition) is 8. The maximum Gasteiger partial charge on any atom is 0.343 e. The molecule has 0 bridgehead atoms. The largest absolute Gasteiger partial charge is 0.465 e. The lowest BCUT2D eigenvalue weighted by Gasteiger charge is -2.23. The van der Waals surface area contributed by atoms with Crippen LogP contribution in [0.1, 0.15) is 54.6 Å². The van der Waals surface area contributed by atoms with Gasteiger partial charge in [-0.25, -0.2) is 29.1 Å². The number of anilines is 1. The fourth-order valence-electron chi connectivity index (χ4n) is 4.97. The molecule has 1 N–H and O–H groups in total. The van der Waals surface area contributed by atoms with E-state index in [1.165, 1.54) is 19.5 Å². The highest BCUT2D eigenvalue weighted by atomic mass is 19.1. The number of imidazole rings is 2. The maximum atomic E-state index is 14.9. The Bertz CT molecular complexity index is 1630. The molecule has 4 heterocycles. The van der Waals surface area contributed by atoms with Crippen LogP contribution in [-0.2, 0) is 9.47 Å². The fourth-order valence-corrected chi connectivity index (χ4v) is 4.97. The van der Waals surface area contributed by atoms with Crippen LogP contribution in [0.5, 0.6) is 0 Å². The molecule has 2 aromatic carbocycles. The topological polar surface area (TPSA) is 109 Å². The number of rotatable bonds is 6. The van der Waals surface area contributed by atoms with E-state index in [0.29, 0.717) is 40.4 Å². The van der Waals surface area contributed by atoms with Crippen molar-refractivity contribution in [3.63, 3.8) is 0 Å². The third-order valence-electron chi connectivity index (χ3n) is 6.76. The molecular weight excluding hydrogens is 489 g/mol. The lowest BCUT2D eigenvalue weighted by atomic mass is 10.1. The zero-order chi connectivity index (χ0) is 26.2. The van der Waals surface area contributed by atoms with Crippen LogP contribution in [0, 0.1) is 5.82 Å². The number of para-hydroxylation sites is 1. The van der Waals surface area contributed by atoms with E-state index in [4.69, 9.17) is 14.5 Å². The molecule has 0 radical (unpaired) electrons. The predicted molar refractivity (Wildman–Crippen MR) is 139 cm³/mol. The predicted octanol–water partition coefficient (Wildman–Crippen LogP) is 4.96. The van der Waals surface area contributed by atoms with Crippen molar-refractivity contribution in [2.24, 2.45) is 0 Å². The van der Waals surface area contributed by atoms with Gasteiger partial charge in [-0.1, -0.05) is 18.2 Å². The van der Waals surface area contributed by atoms with Gasteiger partial charge in [-0.15, -0.1) is 0 Å². The molecule has 1 saturated heterocycles. The van der Waals surface area contributed by atoms with Gasteiger partial charge in [0.05, 0.1) is 30.5 Å². The highest BCUT2D eigenvalue weighted by Gasteiger charge is 2.27. The Morgan fingerprint density at radius 1 is 1.16 bits per heavy atom. The number of ether oxygens (including phenoxy) is 2. The van der Waals surface area contributed by atoms with Gasteiger partial charge in [0.2, 0.25) is 0 Å². The molecule has 0 saturated carbocycles. The van der Waals surface area contributed by atoms with Gasteiger partial charge in [-0.3, -0.25) is 9.13 Å². The summed E-state index contributed by atoms with van der Waals surface area (Å²) in [6.07, 6.45) is 6.14. The minimum atomic E-state index is -0.773. The first-order chi connectivity index (χ1) is 18.6. The smallest absolute Gasteiger partial charge is 0.343 e. The Hall–Kier alpha value is -4.38. The van der Waals surface area contributed by atoms with Gasteiger partial charge >= 0.3 is 5.97 Å². The van der Waals surface area contributed by atoms with Gasteiger partial charge < -0.3 is 14.8 Å². The minimum absolute atomic E-state index is 0.108. The molecule has 10 nitrogen and oxygen atoms in total. The molecule has 38 heavy (non-hydrogen) atoms. The summed E-state index contributed by atoms with van der Waals surface area (Å²) in [4.78, 5) is 30.9. The molecule has 1 aliphatic rings. The number of halogens is 1. The Morgan fingerprint density at radius 2 is 2.00 bits per heavy atom. The van der Waals surface area contributed by atoms with Gasteiger partial charge in [0.15, 0.2) is 17.0 Å². The zero-order valence-corrected chi connectivity index (χ0v) is 21.0. The monoisotopic (exact) mass is 515 g/mol. The molecule has 1 unspecified atom stereocenters. The molecule has 5 aromatic rings. The third-order valence-corrected chi connectivity index (χ3v) is 6.76. The van der Waals surface area contributed by atoms with E-state index >= 15 is 0 Å². The van der Waals surface area contributed by atoms with Crippen molar-refractivity contribution >= 4 is 34.0 Å². The molecule has 194 valence electrons. The van der Waals surface area contributed by atoms with Crippen molar-refractivity contribution in [1.29, 1.82) is 0 Å². The third kappa shape index (κ3) is 4.04. The SMILES string of the molecule is COC(=O)c1c(F)ccc2nc([C@H](C)Nc3ncnc4c3ncn4C3CCCCO3)n(-c3ccccc3)c12. The van der Waals surface area contributed by atoms with Crippen molar-refractivity contribution in [2.75, 3.05) is 19.0 Å². The molecule has 11 heteroatoms. The first-order valence-electron chi connectivity index (χ1n) is 12.5. The Morgan fingerprint density at radius 3 is 2.76 bits per heavy atom. The van der Waals surface area contributed by atoms with Crippen LogP contribution >= 0.6 is 0 Å². The van der Waals surface area contributed by atoms with Gasteiger partial charge in [-0.2, -0.15) is 0 Å². The van der Waals surface area contributed by atoms with Crippen LogP contribution in [0.2, 0.25) is 0 Å². The second kappa shape index (κ2) is 9.82. The molecule has 6 rings (SSSR count). The number of benzene rings is 2. The zero-order valence-electron chi connectivity index (χ0n) is 21.0. The average molecular weight is 516 g/mol. The van der Waals surface area contributed by atoms with Crippen molar-refractivity contribution in [1.82, 2.24) is 29.1 Å². The molecule has 3 aromatic heterocycles. The number of esters is 1. The first kappa shape index (κ1) is 24.0. The summed E-state index contributed by atoms with van der Waals surface area (Å²) in [5.74, 6) is -0.362. The van der Waals surface area contributed by atoms with Crippen molar-refractivity contribution in [3.8, 4) is 5.69 Å². The quantitative estimate of drug-likeness (QED) is 0.316. The van der Waals surface area contributed by atoms with E-state index in [1.54, 1.807) is 17.0 Å². The molecule has 0 aliphatic carbocycles. The van der Waals surface area contributed by atoms with E-state index in [2.05, 4.69) is 20.3 Å². The van der Waals surface area contributed by atoms with Gasteiger partial charge in [0.25, 0.3) is 0 Å². The number of methoxy groups -OCH3 is 1. The summed E-state index contributed by atoms with van der Waals surface area (Å²) in [6, 6.07) is 11.7. The van der Waals surface area contributed by atoms with E-state index in [-0.39, 0.29) is 11.8 Å². The second-order valence-electron chi connectivity index (χ2n) is 9.16. The van der Waals surface area contributed by atoms with Crippen molar-refractivity contribution in [3.05, 3.63) is 72.3 Å². The Kier molecular flexibility index (Phi) is 6.20. The van der Waals surface area contributed by atoms with Crippen LogP contribution in [0.15, 0.2) is 55.1 Å². The lowest BCUT2D eigenvalue weighted by molar-refractivity contribution is -0.0298. The number of hydrogen-bond donors (Lipinski definition) is 1. The summed E-state index contributed by atoms with van der Waals surface area (Å²) in [7, 11) is 1.23. The number of nitrogens with zero attached hydrogens (tertiary/aromatic N) is 6. The molecular formula is C27H26FN7O3. The first-order valence-corrected chi connectivity index (χ1v) is 12.5. The van der Waals surface area contributed by atoms with Gasteiger partial charge in [-0.05, 0) is 50.5 Å². The highest BCUT2D eigenvalue weighted by molar-refractivity contribution is 6.03. The Labute approximate surface area is 217 Å². The number of aromatic nitrogens is 6. The Balaban J connectivity index is 1.45. The number of fused-ring (bicyclic) bond motifs is 2. The number of carbonyl (C=O) groups is 1. The van der Waals surface area contributed by atoms with Crippen LogP contribution in [0.25, 0.3) is 27.9 Å². The maximum absolute atomic E-state index is 14.9. The standard InChI is InChI=1S/C27H26FN7O3/c1-16(32-24-22-26(30-14-29-24)34(15-31-22)20-10-6-7-13-38-20)25-33-19-12-11-18(28)21(27(36)37-2)23(19)35(25)17-8-4-3-5-9-17/h3-5,8-9,11-12,14-16,20H,6-7,10,13H2,1-2H3,(H,29,30,32)/t16-,20?/m0/s1. The van der Waals surface area contributed by atoms with Crippen molar-refractivity contribution < 1.29 is 18.7 Å². The summed E-state index contributed by atoms with van der Waals surface area (Å²) in [5.41, 5.74) is 2.63. The van der Waals surface area contributed by atoms with E-state index in [9.17, 15) is 9.18 Å². The number of carbonyl (C=O) groups excluding carboxylic acids is 1. The number of nitrogens with one attached hydrogen (secondary N) is 1. The van der Waals surface area contributed by atoms with E-state index in [0.717, 1.165) is 24.9 Å². The summed E-state index contributed by atoms with van der Waals surface area (Å²) >= 11 is 0. The van der Waals surface area contributed by atoms with Crippen LogP contribution in [-0.4, -0.2) is 48.8 Å². The second-order valence-corrected chi connectivity index (χ2v) is 9.16. The molecule has 2 atom stereocenters. The van der Waals surface area contributed by atoms with Crippen LogP contribution in [0.3, 0.4) is 0 Å². The molecule has 0 spiro atoms. The van der Waals surface area contributed by atoms with Crippen LogP contribution < -0.4 is 5.32 Å².